The van der Waals surface area contributed by atoms with Gasteiger partial charge in [-0.2, -0.15) is 0 Å². The predicted octanol–water partition coefficient (Wildman–Crippen LogP) is 4.80. The van der Waals surface area contributed by atoms with Crippen LogP contribution >= 0.6 is 0 Å². The molecule has 4 saturated carbocycles. The molecule has 0 spiro atoms. The lowest BCUT2D eigenvalue weighted by molar-refractivity contribution is -0.180. The minimum absolute atomic E-state index is 0.0343. The summed E-state index contributed by atoms with van der Waals surface area (Å²) in [6.45, 7) is 10.7. The molecule has 0 aromatic rings. The van der Waals surface area contributed by atoms with Crippen LogP contribution in [0.25, 0.3) is 0 Å². The van der Waals surface area contributed by atoms with Crippen molar-refractivity contribution < 1.29 is 14.7 Å². The Morgan fingerprint density at radius 3 is 2.33 bits per heavy atom. The number of hydrogen-bond acceptors (Lipinski definition) is 3. The van der Waals surface area contributed by atoms with Crippen molar-refractivity contribution in [3.05, 3.63) is 0 Å². The molecule has 4 fully saturated rings. The van der Waals surface area contributed by atoms with Crippen LogP contribution in [0.4, 0.5) is 0 Å². The van der Waals surface area contributed by atoms with E-state index in [0.717, 1.165) is 38.5 Å². The summed E-state index contributed by atoms with van der Waals surface area (Å²) >= 11 is 0. The number of fused-ring (bicyclic) bond motifs is 5. The van der Waals surface area contributed by atoms with Gasteiger partial charge in [0.05, 0.1) is 0 Å². The Labute approximate surface area is 164 Å². The zero-order valence-electron chi connectivity index (χ0n) is 17.9. The molecule has 0 heterocycles. The standard InChI is InChI=1S/C24H38O3/c1-14(2)21-16-6-7-18-19-10-11-24(27,15(3)25)23(19,5)13-12-22(18,4)17(16)8-9-20(21)26/h14,16-19,21,27H,6-13H2,1-5H3/t16?,17?,18?,19?,21?,22-,23?,24+/m1/s1. The van der Waals surface area contributed by atoms with Crippen molar-refractivity contribution in [3.8, 4) is 0 Å². The first-order valence-electron chi connectivity index (χ1n) is 11.3. The van der Waals surface area contributed by atoms with E-state index in [9.17, 15) is 14.7 Å². The maximum absolute atomic E-state index is 12.7. The lowest BCUT2D eigenvalue weighted by atomic mass is 9.42. The number of carbonyl (C=O) groups excluding carboxylic acids is 2. The van der Waals surface area contributed by atoms with Crippen LogP contribution in [0.3, 0.4) is 0 Å². The average Bonchev–Trinajstić information content (AvgIpc) is 2.87. The van der Waals surface area contributed by atoms with Crippen molar-refractivity contribution in [2.24, 2.45) is 46.3 Å². The molecule has 1 N–H and O–H groups in total. The normalized spacial score (nSPS) is 52.3. The van der Waals surface area contributed by atoms with Crippen molar-refractivity contribution in [1.82, 2.24) is 0 Å². The molecular weight excluding hydrogens is 336 g/mol. The fourth-order valence-electron chi connectivity index (χ4n) is 8.66. The van der Waals surface area contributed by atoms with Crippen LogP contribution < -0.4 is 0 Å². The van der Waals surface area contributed by atoms with E-state index >= 15 is 0 Å². The van der Waals surface area contributed by atoms with Gasteiger partial charge in [-0.1, -0.05) is 27.7 Å². The lowest BCUT2D eigenvalue weighted by Gasteiger charge is -2.63. The summed E-state index contributed by atoms with van der Waals surface area (Å²) in [5, 5.41) is 11.3. The molecule has 0 saturated heterocycles. The molecule has 8 atom stereocenters. The van der Waals surface area contributed by atoms with Crippen LogP contribution in [-0.4, -0.2) is 22.3 Å². The third kappa shape index (κ3) is 2.42. The largest absolute Gasteiger partial charge is 0.382 e. The SMILES string of the molecule is CC(=O)[C@@]1(O)CCC2C3CCC4C(C(C)C)C(=O)CCC4[C@@]3(C)CCC21C. The monoisotopic (exact) mass is 374 g/mol. The highest BCUT2D eigenvalue weighted by Crippen LogP contribution is 2.70. The van der Waals surface area contributed by atoms with Crippen molar-refractivity contribution in [2.75, 3.05) is 0 Å². The van der Waals surface area contributed by atoms with Crippen molar-refractivity contribution in [3.63, 3.8) is 0 Å². The highest BCUT2D eigenvalue weighted by atomic mass is 16.3. The van der Waals surface area contributed by atoms with Gasteiger partial charge in [0, 0.05) is 17.8 Å². The molecular formula is C24H38O3. The first-order valence-corrected chi connectivity index (χ1v) is 11.3. The quantitative estimate of drug-likeness (QED) is 0.755. The van der Waals surface area contributed by atoms with E-state index in [-0.39, 0.29) is 22.5 Å². The Hall–Kier alpha value is -0.700. The van der Waals surface area contributed by atoms with E-state index in [4.69, 9.17) is 0 Å². The summed E-state index contributed by atoms with van der Waals surface area (Å²) in [6, 6.07) is 0. The summed E-state index contributed by atoms with van der Waals surface area (Å²) in [5.74, 6) is 3.37. The second kappa shape index (κ2) is 6.15. The molecule has 0 aliphatic heterocycles. The molecule has 4 aliphatic carbocycles. The highest BCUT2D eigenvalue weighted by Gasteiger charge is 2.67. The van der Waals surface area contributed by atoms with Gasteiger partial charge < -0.3 is 5.11 Å². The molecule has 0 radical (unpaired) electrons. The minimum Gasteiger partial charge on any atom is -0.382 e. The number of aliphatic hydroxyl groups is 1. The van der Waals surface area contributed by atoms with Crippen LogP contribution in [-0.2, 0) is 9.59 Å². The summed E-state index contributed by atoms with van der Waals surface area (Å²) in [4.78, 5) is 25.0. The van der Waals surface area contributed by atoms with Gasteiger partial charge in [-0.15, -0.1) is 0 Å². The minimum atomic E-state index is -1.13. The van der Waals surface area contributed by atoms with Crippen molar-refractivity contribution in [2.45, 2.75) is 91.6 Å². The molecule has 3 heteroatoms. The van der Waals surface area contributed by atoms with Crippen LogP contribution in [0.2, 0.25) is 0 Å². The maximum atomic E-state index is 12.7. The first kappa shape index (κ1) is 19.6. The third-order valence-corrected chi connectivity index (χ3v) is 10.1. The predicted molar refractivity (Wildman–Crippen MR) is 106 cm³/mol. The second-order valence-corrected chi connectivity index (χ2v) is 11.2. The van der Waals surface area contributed by atoms with E-state index in [1.807, 2.05) is 0 Å². The number of ketones is 2. The number of carbonyl (C=O) groups is 2. The van der Waals surface area contributed by atoms with Crippen molar-refractivity contribution in [1.29, 1.82) is 0 Å². The fourth-order valence-corrected chi connectivity index (χ4v) is 8.66. The first-order chi connectivity index (χ1) is 12.6. The lowest BCUT2D eigenvalue weighted by Crippen LogP contribution is -2.60. The Kier molecular flexibility index (Phi) is 4.46. The Morgan fingerprint density at radius 2 is 1.70 bits per heavy atom. The molecule has 27 heavy (non-hydrogen) atoms. The van der Waals surface area contributed by atoms with Crippen LogP contribution in [0.1, 0.15) is 86.0 Å². The van der Waals surface area contributed by atoms with Gasteiger partial charge in [-0.3, -0.25) is 9.59 Å². The topological polar surface area (TPSA) is 54.4 Å². The van der Waals surface area contributed by atoms with Crippen molar-refractivity contribution >= 4 is 11.6 Å². The van der Waals surface area contributed by atoms with Gasteiger partial charge in [-0.05, 0) is 86.9 Å². The Balaban J connectivity index is 1.67. The molecule has 152 valence electrons. The van der Waals surface area contributed by atoms with Gasteiger partial charge in [-0.25, -0.2) is 0 Å². The van der Waals surface area contributed by atoms with E-state index in [1.165, 1.54) is 6.42 Å². The smallest absolute Gasteiger partial charge is 0.161 e. The molecule has 0 aromatic carbocycles. The summed E-state index contributed by atoms with van der Waals surface area (Å²) in [6.07, 6.45) is 7.80. The van der Waals surface area contributed by atoms with E-state index in [0.29, 0.717) is 41.8 Å². The van der Waals surface area contributed by atoms with Gasteiger partial charge >= 0.3 is 0 Å². The fraction of sp³-hybridized carbons (Fsp3) is 0.917. The van der Waals surface area contributed by atoms with Gasteiger partial charge in [0.1, 0.15) is 11.4 Å². The van der Waals surface area contributed by atoms with E-state index in [1.54, 1.807) is 6.92 Å². The Morgan fingerprint density at radius 1 is 1.00 bits per heavy atom. The van der Waals surface area contributed by atoms with Crippen LogP contribution in [0, 0.1) is 46.3 Å². The average molecular weight is 375 g/mol. The molecule has 4 aliphatic rings. The molecule has 3 nitrogen and oxygen atoms in total. The molecule has 6 unspecified atom stereocenters. The van der Waals surface area contributed by atoms with E-state index in [2.05, 4.69) is 27.7 Å². The van der Waals surface area contributed by atoms with Crippen LogP contribution in [0.5, 0.6) is 0 Å². The summed E-state index contributed by atoms with van der Waals surface area (Å²) in [5.41, 5.74) is -1.13. The third-order valence-electron chi connectivity index (χ3n) is 10.1. The number of Topliss-reactive ketones (excluding diaryl/α,β-unsaturated/α-hetero) is 2. The van der Waals surface area contributed by atoms with Gasteiger partial charge in [0.2, 0.25) is 0 Å². The van der Waals surface area contributed by atoms with Crippen LogP contribution in [0.15, 0.2) is 0 Å². The summed E-state index contributed by atoms with van der Waals surface area (Å²) < 4.78 is 0. The van der Waals surface area contributed by atoms with Gasteiger partial charge in [0.25, 0.3) is 0 Å². The Bertz CT molecular complexity index is 654. The highest BCUT2D eigenvalue weighted by molar-refractivity contribution is 5.86. The van der Waals surface area contributed by atoms with E-state index < -0.39 is 5.60 Å². The summed E-state index contributed by atoms with van der Waals surface area (Å²) in [7, 11) is 0. The molecule has 0 bridgehead atoms. The molecule has 0 amide bonds. The maximum Gasteiger partial charge on any atom is 0.161 e. The number of hydrogen-bond donors (Lipinski definition) is 1. The molecule has 0 aromatic heterocycles. The second-order valence-electron chi connectivity index (χ2n) is 11.2. The number of rotatable bonds is 2. The van der Waals surface area contributed by atoms with Gasteiger partial charge in [0.15, 0.2) is 5.78 Å². The zero-order valence-corrected chi connectivity index (χ0v) is 17.9. The molecule has 4 rings (SSSR count). The zero-order chi connectivity index (χ0) is 19.8.